The Hall–Kier alpha value is -3.65. The van der Waals surface area contributed by atoms with Gasteiger partial charge in [0.05, 0.1) is 13.0 Å². The van der Waals surface area contributed by atoms with E-state index in [4.69, 9.17) is 9.47 Å². The summed E-state index contributed by atoms with van der Waals surface area (Å²) in [6.07, 6.45) is -0.540. The number of anilines is 2. The quantitative estimate of drug-likeness (QED) is 0.336. The van der Waals surface area contributed by atoms with Crippen LogP contribution in [0.1, 0.15) is 22.8 Å². The summed E-state index contributed by atoms with van der Waals surface area (Å²) in [5.74, 6) is -0.174. The van der Waals surface area contributed by atoms with Crippen molar-refractivity contribution in [3.63, 3.8) is 0 Å². The molecule has 0 saturated heterocycles. The van der Waals surface area contributed by atoms with Crippen LogP contribution in [0.15, 0.2) is 77.3 Å². The lowest BCUT2D eigenvalue weighted by atomic mass is 10.1. The number of rotatable bonds is 7. The number of hydrogen-bond acceptors (Lipinski definition) is 5. The van der Waals surface area contributed by atoms with Gasteiger partial charge in [0.25, 0.3) is 5.91 Å². The molecule has 3 aromatic rings. The maximum Gasteiger partial charge on any atom is 0.513 e. The molecule has 0 bridgehead atoms. The molecule has 0 aliphatic heterocycles. The van der Waals surface area contributed by atoms with Crippen LogP contribution in [0.2, 0.25) is 0 Å². The van der Waals surface area contributed by atoms with Gasteiger partial charge in [0.15, 0.2) is 0 Å². The predicted octanol–water partition coefficient (Wildman–Crippen LogP) is 5.42. The van der Waals surface area contributed by atoms with Crippen LogP contribution in [0.3, 0.4) is 0 Å². The van der Waals surface area contributed by atoms with Crippen LogP contribution >= 0.6 is 15.9 Å². The summed E-state index contributed by atoms with van der Waals surface area (Å²) in [4.78, 5) is 36.0. The highest BCUT2D eigenvalue weighted by Gasteiger charge is 2.10. The van der Waals surface area contributed by atoms with E-state index in [2.05, 4.69) is 26.6 Å². The molecule has 0 spiro atoms. The molecule has 0 fully saturated rings. The Kier molecular flexibility index (Phi) is 7.99. The number of ether oxygens (including phenoxy) is 2. The van der Waals surface area contributed by atoms with Gasteiger partial charge < -0.3 is 20.1 Å². The van der Waals surface area contributed by atoms with Crippen molar-refractivity contribution in [2.24, 2.45) is 0 Å². The summed E-state index contributed by atoms with van der Waals surface area (Å²) in [7, 11) is 0. The molecular weight excluding hydrogens is 476 g/mol. The normalized spacial score (nSPS) is 10.2. The van der Waals surface area contributed by atoms with Crippen LogP contribution < -0.4 is 15.4 Å². The molecule has 8 heteroatoms. The third-order valence-electron chi connectivity index (χ3n) is 4.26. The molecule has 0 heterocycles. The van der Waals surface area contributed by atoms with Crippen molar-refractivity contribution < 1.29 is 23.9 Å². The highest BCUT2D eigenvalue weighted by Crippen LogP contribution is 2.18. The summed E-state index contributed by atoms with van der Waals surface area (Å²) in [6.45, 7) is 1.89. The second kappa shape index (κ2) is 11.1. The number of carbonyl (C=O) groups excluding carboxylic acids is 3. The number of carbonyl (C=O) groups is 3. The van der Waals surface area contributed by atoms with Gasteiger partial charge in [-0.05, 0) is 73.2 Å². The zero-order valence-electron chi connectivity index (χ0n) is 17.3. The van der Waals surface area contributed by atoms with Gasteiger partial charge in [0.2, 0.25) is 5.91 Å². The van der Waals surface area contributed by atoms with Crippen LogP contribution in [0.4, 0.5) is 16.2 Å². The standard InChI is InChI=1S/C24H21BrN2O5/c1-2-31-24(30)32-21-12-6-17(7-13-21)23(29)27-20-10-8-19(9-11-20)26-22(28)15-16-4-3-5-18(25)14-16/h3-14H,2,15H2,1H3,(H,26,28)(H,27,29). The molecule has 2 amide bonds. The average molecular weight is 497 g/mol. The Morgan fingerprint density at radius 3 is 2.16 bits per heavy atom. The van der Waals surface area contributed by atoms with Gasteiger partial charge in [-0.2, -0.15) is 0 Å². The van der Waals surface area contributed by atoms with Crippen molar-refractivity contribution >= 4 is 45.3 Å². The molecule has 0 aromatic heterocycles. The van der Waals surface area contributed by atoms with Gasteiger partial charge in [-0.15, -0.1) is 0 Å². The molecule has 3 rings (SSSR count). The molecule has 32 heavy (non-hydrogen) atoms. The summed E-state index contributed by atoms with van der Waals surface area (Å²) < 4.78 is 10.6. The van der Waals surface area contributed by atoms with E-state index in [-0.39, 0.29) is 30.6 Å². The first kappa shape index (κ1) is 23.0. The van der Waals surface area contributed by atoms with Crippen LogP contribution in [-0.4, -0.2) is 24.6 Å². The highest BCUT2D eigenvalue weighted by atomic mass is 79.9. The molecule has 3 aromatic carbocycles. The van der Waals surface area contributed by atoms with E-state index in [1.54, 1.807) is 43.3 Å². The Morgan fingerprint density at radius 2 is 1.53 bits per heavy atom. The van der Waals surface area contributed by atoms with Crippen molar-refractivity contribution in [2.75, 3.05) is 17.2 Å². The van der Waals surface area contributed by atoms with Gasteiger partial charge in [-0.3, -0.25) is 9.59 Å². The Balaban J connectivity index is 1.53. The minimum Gasteiger partial charge on any atom is -0.434 e. The van der Waals surface area contributed by atoms with E-state index in [1.807, 2.05) is 24.3 Å². The van der Waals surface area contributed by atoms with Crippen molar-refractivity contribution in [3.05, 3.63) is 88.4 Å². The Morgan fingerprint density at radius 1 is 0.875 bits per heavy atom. The minimum atomic E-state index is -0.798. The number of benzene rings is 3. The second-order valence-electron chi connectivity index (χ2n) is 6.70. The monoisotopic (exact) mass is 496 g/mol. The maximum absolute atomic E-state index is 12.4. The lowest BCUT2D eigenvalue weighted by molar-refractivity contribution is -0.115. The van der Waals surface area contributed by atoms with Gasteiger partial charge in [-0.25, -0.2) is 4.79 Å². The molecule has 2 N–H and O–H groups in total. The average Bonchev–Trinajstić information content (AvgIpc) is 2.75. The van der Waals surface area contributed by atoms with Crippen molar-refractivity contribution in [3.8, 4) is 5.75 Å². The summed E-state index contributed by atoms with van der Waals surface area (Å²) in [5, 5.41) is 5.61. The lowest BCUT2D eigenvalue weighted by Gasteiger charge is -2.09. The molecule has 0 saturated carbocycles. The third kappa shape index (κ3) is 6.95. The van der Waals surface area contributed by atoms with E-state index < -0.39 is 6.16 Å². The van der Waals surface area contributed by atoms with E-state index in [0.29, 0.717) is 16.9 Å². The molecule has 0 aliphatic rings. The van der Waals surface area contributed by atoms with Crippen LogP contribution in [0.5, 0.6) is 5.75 Å². The molecule has 164 valence electrons. The molecule has 0 unspecified atom stereocenters. The van der Waals surface area contributed by atoms with E-state index in [9.17, 15) is 14.4 Å². The summed E-state index contributed by atoms with van der Waals surface area (Å²) in [5.41, 5.74) is 2.50. The fourth-order valence-corrected chi connectivity index (χ4v) is 3.24. The number of hydrogen-bond donors (Lipinski definition) is 2. The molecular formula is C24H21BrN2O5. The van der Waals surface area contributed by atoms with Crippen molar-refractivity contribution in [1.82, 2.24) is 0 Å². The van der Waals surface area contributed by atoms with E-state index >= 15 is 0 Å². The van der Waals surface area contributed by atoms with Gasteiger partial charge in [0, 0.05) is 21.4 Å². The van der Waals surface area contributed by atoms with Gasteiger partial charge in [0.1, 0.15) is 5.75 Å². The first-order valence-electron chi connectivity index (χ1n) is 9.83. The van der Waals surface area contributed by atoms with Crippen molar-refractivity contribution in [2.45, 2.75) is 13.3 Å². The number of halogens is 1. The van der Waals surface area contributed by atoms with Crippen LogP contribution in [-0.2, 0) is 16.0 Å². The maximum atomic E-state index is 12.4. The lowest BCUT2D eigenvalue weighted by Crippen LogP contribution is -2.15. The topological polar surface area (TPSA) is 93.7 Å². The first-order valence-corrected chi connectivity index (χ1v) is 10.6. The third-order valence-corrected chi connectivity index (χ3v) is 4.75. The zero-order chi connectivity index (χ0) is 22.9. The molecule has 0 aliphatic carbocycles. The minimum absolute atomic E-state index is 0.134. The number of nitrogens with one attached hydrogen (secondary N) is 2. The molecule has 0 radical (unpaired) electrons. The Labute approximate surface area is 193 Å². The summed E-state index contributed by atoms with van der Waals surface area (Å²) >= 11 is 3.39. The Bertz CT molecular complexity index is 1100. The van der Waals surface area contributed by atoms with Crippen molar-refractivity contribution in [1.29, 1.82) is 0 Å². The molecule has 0 atom stereocenters. The predicted molar refractivity (Wildman–Crippen MR) is 125 cm³/mol. The van der Waals surface area contributed by atoms with Gasteiger partial charge in [-0.1, -0.05) is 28.1 Å². The highest BCUT2D eigenvalue weighted by molar-refractivity contribution is 9.10. The summed E-state index contributed by atoms with van der Waals surface area (Å²) in [6, 6.07) is 20.5. The smallest absolute Gasteiger partial charge is 0.434 e. The molecule has 7 nitrogen and oxygen atoms in total. The fraction of sp³-hybridized carbons (Fsp3) is 0.125. The van der Waals surface area contributed by atoms with E-state index in [0.717, 1.165) is 10.0 Å². The van der Waals surface area contributed by atoms with Gasteiger partial charge >= 0.3 is 6.16 Å². The second-order valence-corrected chi connectivity index (χ2v) is 7.61. The van der Waals surface area contributed by atoms with E-state index in [1.165, 1.54) is 12.1 Å². The van der Waals surface area contributed by atoms with Crippen LogP contribution in [0.25, 0.3) is 0 Å². The first-order chi connectivity index (χ1) is 15.4. The largest absolute Gasteiger partial charge is 0.513 e. The fourth-order valence-electron chi connectivity index (χ4n) is 2.80. The number of amides is 2. The zero-order valence-corrected chi connectivity index (χ0v) is 18.8. The van der Waals surface area contributed by atoms with Crippen LogP contribution in [0, 0.1) is 0 Å². The SMILES string of the molecule is CCOC(=O)Oc1ccc(C(=O)Nc2ccc(NC(=O)Cc3cccc(Br)c3)cc2)cc1.